The van der Waals surface area contributed by atoms with Gasteiger partial charge in [-0.2, -0.15) is 0 Å². The summed E-state index contributed by atoms with van der Waals surface area (Å²) in [5, 5.41) is 9.61. The standard InChI is InChI=1S/C14H18O5/c1-10(15)13(8-9-14(16)18-3)19-12-6-4-11(17-2)5-7-12/h4-10,13,15H,1-3H3/b9-8+/t10-,13+/m0/s1. The number of methoxy groups -OCH3 is 2. The highest BCUT2D eigenvalue weighted by atomic mass is 16.5. The molecular weight excluding hydrogens is 248 g/mol. The molecule has 0 saturated heterocycles. The van der Waals surface area contributed by atoms with Gasteiger partial charge in [0.2, 0.25) is 0 Å². The lowest BCUT2D eigenvalue weighted by atomic mass is 10.2. The lowest BCUT2D eigenvalue weighted by Crippen LogP contribution is -2.27. The van der Waals surface area contributed by atoms with Gasteiger partial charge in [0.15, 0.2) is 0 Å². The van der Waals surface area contributed by atoms with Crippen LogP contribution in [0.4, 0.5) is 0 Å². The number of aliphatic hydroxyl groups is 1. The number of benzene rings is 1. The van der Waals surface area contributed by atoms with Crippen molar-refractivity contribution in [2.75, 3.05) is 14.2 Å². The van der Waals surface area contributed by atoms with Crippen molar-refractivity contribution in [3.05, 3.63) is 36.4 Å². The molecule has 1 aromatic carbocycles. The highest BCUT2D eigenvalue weighted by molar-refractivity contribution is 5.81. The summed E-state index contributed by atoms with van der Waals surface area (Å²) in [5.41, 5.74) is 0. The van der Waals surface area contributed by atoms with Gasteiger partial charge in [0.25, 0.3) is 0 Å². The molecule has 0 radical (unpaired) electrons. The molecule has 0 spiro atoms. The van der Waals surface area contributed by atoms with E-state index >= 15 is 0 Å². The fourth-order valence-electron chi connectivity index (χ4n) is 1.35. The molecule has 5 nitrogen and oxygen atoms in total. The Balaban J connectivity index is 2.72. The van der Waals surface area contributed by atoms with E-state index in [-0.39, 0.29) is 0 Å². The maximum atomic E-state index is 11.0. The number of hydrogen-bond donors (Lipinski definition) is 1. The van der Waals surface area contributed by atoms with Gasteiger partial charge in [-0.25, -0.2) is 4.79 Å². The van der Waals surface area contributed by atoms with Crippen LogP contribution in [0.2, 0.25) is 0 Å². The Kier molecular flexibility index (Phi) is 5.89. The summed E-state index contributed by atoms with van der Waals surface area (Å²) in [5.74, 6) is 0.788. The van der Waals surface area contributed by atoms with E-state index < -0.39 is 18.2 Å². The van der Waals surface area contributed by atoms with Crippen molar-refractivity contribution in [2.24, 2.45) is 0 Å². The topological polar surface area (TPSA) is 65.0 Å². The van der Waals surface area contributed by atoms with Crippen LogP contribution < -0.4 is 9.47 Å². The van der Waals surface area contributed by atoms with Crippen molar-refractivity contribution < 1.29 is 24.1 Å². The zero-order chi connectivity index (χ0) is 14.3. The molecule has 0 unspecified atom stereocenters. The summed E-state index contributed by atoms with van der Waals surface area (Å²) in [6.07, 6.45) is 1.29. The van der Waals surface area contributed by atoms with Crippen molar-refractivity contribution in [3.63, 3.8) is 0 Å². The van der Waals surface area contributed by atoms with Gasteiger partial charge in [-0.3, -0.25) is 0 Å². The van der Waals surface area contributed by atoms with Gasteiger partial charge < -0.3 is 19.3 Å². The Hall–Kier alpha value is -2.01. The normalized spacial score (nSPS) is 13.9. The van der Waals surface area contributed by atoms with E-state index in [9.17, 15) is 9.90 Å². The average molecular weight is 266 g/mol. The minimum atomic E-state index is -0.761. The number of esters is 1. The van der Waals surface area contributed by atoms with Crippen molar-refractivity contribution >= 4 is 5.97 Å². The van der Waals surface area contributed by atoms with Gasteiger partial charge in [-0.05, 0) is 37.3 Å². The van der Waals surface area contributed by atoms with Crippen LogP contribution in [0.5, 0.6) is 11.5 Å². The number of carbonyl (C=O) groups excluding carboxylic acids is 1. The van der Waals surface area contributed by atoms with E-state index in [0.29, 0.717) is 11.5 Å². The second-order valence-corrected chi connectivity index (χ2v) is 3.88. The summed E-state index contributed by atoms with van der Waals surface area (Å²) in [6.45, 7) is 1.58. The lowest BCUT2D eigenvalue weighted by molar-refractivity contribution is -0.134. The first kappa shape index (κ1) is 15.0. The zero-order valence-corrected chi connectivity index (χ0v) is 11.2. The first-order chi connectivity index (χ1) is 9.06. The second kappa shape index (κ2) is 7.43. The van der Waals surface area contributed by atoms with Crippen molar-refractivity contribution in [1.82, 2.24) is 0 Å². The fraction of sp³-hybridized carbons (Fsp3) is 0.357. The monoisotopic (exact) mass is 266 g/mol. The highest BCUT2D eigenvalue weighted by Gasteiger charge is 2.14. The number of aliphatic hydroxyl groups excluding tert-OH is 1. The molecule has 0 heterocycles. The van der Waals surface area contributed by atoms with Crippen LogP contribution >= 0.6 is 0 Å². The van der Waals surface area contributed by atoms with Gasteiger partial charge in [-0.1, -0.05) is 0 Å². The molecule has 0 aliphatic heterocycles. The van der Waals surface area contributed by atoms with Gasteiger partial charge in [0.1, 0.15) is 17.6 Å². The maximum Gasteiger partial charge on any atom is 0.330 e. The molecule has 1 N–H and O–H groups in total. The molecule has 1 rings (SSSR count). The van der Waals surface area contributed by atoms with Gasteiger partial charge >= 0.3 is 5.97 Å². The van der Waals surface area contributed by atoms with E-state index in [1.54, 1.807) is 38.3 Å². The third kappa shape index (κ3) is 5.01. The zero-order valence-electron chi connectivity index (χ0n) is 11.2. The molecular formula is C14H18O5. The predicted molar refractivity (Wildman–Crippen MR) is 70.2 cm³/mol. The van der Waals surface area contributed by atoms with Crippen LogP contribution in [-0.2, 0) is 9.53 Å². The maximum absolute atomic E-state index is 11.0. The van der Waals surface area contributed by atoms with Crippen molar-refractivity contribution in [1.29, 1.82) is 0 Å². The summed E-state index contributed by atoms with van der Waals surface area (Å²) in [6, 6.07) is 6.94. The average Bonchev–Trinajstić information content (AvgIpc) is 2.43. The fourth-order valence-corrected chi connectivity index (χ4v) is 1.35. The smallest absolute Gasteiger partial charge is 0.330 e. The quantitative estimate of drug-likeness (QED) is 0.625. The van der Waals surface area contributed by atoms with E-state index in [4.69, 9.17) is 9.47 Å². The SMILES string of the molecule is COC(=O)/C=C/[C@@H](Oc1ccc(OC)cc1)[C@H](C)O. The molecule has 0 amide bonds. The molecule has 0 bridgehead atoms. The summed E-state index contributed by atoms with van der Waals surface area (Å²) >= 11 is 0. The third-order valence-corrected chi connectivity index (χ3v) is 2.43. The van der Waals surface area contributed by atoms with E-state index in [1.165, 1.54) is 19.3 Å². The number of ether oxygens (including phenoxy) is 3. The first-order valence-electron chi connectivity index (χ1n) is 5.81. The van der Waals surface area contributed by atoms with Crippen molar-refractivity contribution in [3.8, 4) is 11.5 Å². The number of hydrogen-bond acceptors (Lipinski definition) is 5. The molecule has 0 saturated carbocycles. The number of carbonyl (C=O) groups is 1. The third-order valence-electron chi connectivity index (χ3n) is 2.43. The molecule has 19 heavy (non-hydrogen) atoms. The van der Waals surface area contributed by atoms with Crippen LogP contribution in [0.1, 0.15) is 6.92 Å². The summed E-state index contributed by atoms with van der Waals surface area (Å²) in [4.78, 5) is 11.0. The Morgan fingerprint density at radius 1 is 1.21 bits per heavy atom. The largest absolute Gasteiger partial charge is 0.497 e. The molecule has 104 valence electrons. The Morgan fingerprint density at radius 2 is 1.79 bits per heavy atom. The lowest BCUT2D eigenvalue weighted by Gasteiger charge is -2.18. The minimum Gasteiger partial charge on any atom is -0.497 e. The Bertz CT molecular complexity index is 422. The molecule has 0 aromatic heterocycles. The van der Waals surface area contributed by atoms with E-state index in [2.05, 4.69) is 4.74 Å². The van der Waals surface area contributed by atoms with Crippen LogP contribution in [-0.4, -0.2) is 37.5 Å². The molecule has 1 aromatic rings. The van der Waals surface area contributed by atoms with Gasteiger partial charge in [0.05, 0.1) is 20.3 Å². The molecule has 0 aliphatic carbocycles. The van der Waals surface area contributed by atoms with Crippen LogP contribution in [0.25, 0.3) is 0 Å². The first-order valence-corrected chi connectivity index (χ1v) is 5.81. The highest BCUT2D eigenvalue weighted by Crippen LogP contribution is 2.19. The summed E-state index contributed by atoms with van der Waals surface area (Å²) in [7, 11) is 2.86. The summed E-state index contributed by atoms with van der Waals surface area (Å²) < 4.78 is 15.1. The Labute approximate surface area is 112 Å². The molecule has 2 atom stereocenters. The van der Waals surface area contributed by atoms with Crippen LogP contribution in [0.3, 0.4) is 0 Å². The van der Waals surface area contributed by atoms with Gasteiger partial charge in [-0.15, -0.1) is 0 Å². The van der Waals surface area contributed by atoms with E-state index in [0.717, 1.165) is 0 Å². The van der Waals surface area contributed by atoms with Gasteiger partial charge in [0, 0.05) is 6.08 Å². The Morgan fingerprint density at radius 3 is 2.26 bits per heavy atom. The second-order valence-electron chi connectivity index (χ2n) is 3.88. The van der Waals surface area contributed by atoms with Crippen LogP contribution in [0.15, 0.2) is 36.4 Å². The van der Waals surface area contributed by atoms with Crippen molar-refractivity contribution in [2.45, 2.75) is 19.1 Å². The molecule has 5 heteroatoms. The molecule has 0 aliphatic rings. The molecule has 0 fully saturated rings. The van der Waals surface area contributed by atoms with Crippen LogP contribution in [0, 0.1) is 0 Å². The predicted octanol–water partition coefficient (Wildman–Crippen LogP) is 1.55. The minimum absolute atomic E-state index is 0.496. The van der Waals surface area contributed by atoms with E-state index in [1.807, 2.05) is 0 Å². The number of rotatable bonds is 6.